The molecule has 0 amide bonds. The molecule has 1 N–H and O–H groups in total. The standard InChI is InChI=1S/C14H9BrN2O2/c15-11-5-9(7-16)1-3-12(11)17-10-2-4-13-14(6-10)19-8-18-13/h1-6,17H,8H2. The molecule has 5 heteroatoms. The number of anilines is 2. The molecule has 0 aliphatic carbocycles. The Hall–Kier alpha value is -2.19. The zero-order valence-corrected chi connectivity index (χ0v) is 11.4. The normalized spacial score (nSPS) is 12.0. The zero-order valence-electron chi connectivity index (χ0n) is 9.81. The number of nitrogens with one attached hydrogen (secondary N) is 1. The van der Waals surface area contributed by atoms with E-state index in [1.807, 2.05) is 24.3 Å². The lowest BCUT2D eigenvalue weighted by molar-refractivity contribution is 0.174. The van der Waals surface area contributed by atoms with Gasteiger partial charge in [0.15, 0.2) is 11.5 Å². The van der Waals surface area contributed by atoms with Crippen molar-refractivity contribution in [2.75, 3.05) is 12.1 Å². The van der Waals surface area contributed by atoms with Gasteiger partial charge in [0.1, 0.15) is 0 Å². The second-order valence-corrected chi connectivity index (χ2v) is 4.85. The maximum absolute atomic E-state index is 8.83. The molecule has 0 aromatic heterocycles. The number of hydrogen-bond acceptors (Lipinski definition) is 4. The molecule has 94 valence electrons. The van der Waals surface area contributed by atoms with E-state index in [9.17, 15) is 0 Å². The van der Waals surface area contributed by atoms with Gasteiger partial charge in [0.25, 0.3) is 0 Å². The summed E-state index contributed by atoms with van der Waals surface area (Å²) in [6, 6.07) is 13.2. The molecule has 0 unspecified atom stereocenters. The highest BCUT2D eigenvalue weighted by Crippen LogP contribution is 2.36. The summed E-state index contributed by atoms with van der Waals surface area (Å²) < 4.78 is 11.4. The Kier molecular flexibility index (Phi) is 3.02. The van der Waals surface area contributed by atoms with Crippen molar-refractivity contribution in [3.8, 4) is 17.6 Å². The lowest BCUT2D eigenvalue weighted by Crippen LogP contribution is -1.93. The van der Waals surface area contributed by atoms with E-state index >= 15 is 0 Å². The average molecular weight is 317 g/mol. The van der Waals surface area contributed by atoms with Crippen LogP contribution in [0.15, 0.2) is 40.9 Å². The molecule has 19 heavy (non-hydrogen) atoms. The van der Waals surface area contributed by atoms with Crippen LogP contribution < -0.4 is 14.8 Å². The molecule has 0 fully saturated rings. The minimum absolute atomic E-state index is 0.263. The fourth-order valence-corrected chi connectivity index (χ4v) is 2.29. The fourth-order valence-electron chi connectivity index (χ4n) is 1.82. The summed E-state index contributed by atoms with van der Waals surface area (Å²) in [5.74, 6) is 1.49. The number of benzene rings is 2. The SMILES string of the molecule is N#Cc1ccc(Nc2ccc3c(c2)OCO3)c(Br)c1. The average Bonchev–Trinajstić information content (AvgIpc) is 2.88. The highest BCUT2D eigenvalue weighted by molar-refractivity contribution is 9.10. The summed E-state index contributed by atoms with van der Waals surface area (Å²) in [6.45, 7) is 0.263. The first-order valence-electron chi connectivity index (χ1n) is 5.62. The van der Waals surface area contributed by atoms with Crippen LogP contribution in [0.2, 0.25) is 0 Å². The maximum atomic E-state index is 8.83. The monoisotopic (exact) mass is 316 g/mol. The van der Waals surface area contributed by atoms with Gasteiger partial charge in [0.2, 0.25) is 6.79 Å². The van der Waals surface area contributed by atoms with Crippen molar-refractivity contribution in [2.24, 2.45) is 0 Å². The topological polar surface area (TPSA) is 54.3 Å². The minimum atomic E-state index is 0.263. The highest BCUT2D eigenvalue weighted by atomic mass is 79.9. The van der Waals surface area contributed by atoms with E-state index in [1.165, 1.54) is 0 Å². The van der Waals surface area contributed by atoms with Gasteiger partial charge >= 0.3 is 0 Å². The first-order chi connectivity index (χ1) is 9.26. The van der Waals surface area contributed by atoms with E-state index < -0.39 is 0 Å². The first-order valence-corrected chi connectivity index (χ1v) is 6.42. The highest BCUT2D eigenvalue weighted by Gasteiger charge is 2.13. The molecule has 1 heterocycles. The third-order valence-electron chi connectivity index (χ3n) is 2.75. The second-order valence-electron chi connectivity index (χ2n) is 4.00. The van der Waals surface area contributed by atoms with Crippen LogP contribution in [0.1, 0.15) is 5.56 Å². The van der Waals surface area contributed by atoms with Gasteiger partial charge in [0, 0.05) is 16.2 Å². The van der Waals surface area contributed by atoms with Crippen molar-refractivity contribution in [1.82, 2.24) is 0 Å². The van der Waals surface area contributed by atoms with Crippen molar-refractivity contribution < 1.29 is 9.47 Å². The van der Waals surface area contributed by atoms with Crippen LogP contribution in [0.4, 0.5) is 11.4 Å². The molecular weight excluding hydrogens is 308 g/mol. The minimum Gasteiger partial charge on any atom is -0.454 e. The number of halogens is 1. The van der Waals surface area contributed by atoms with E-state index in [0.717, 1.165) is 27.3 Å². The summed E-state index contributed by atoms with van der Waals surface area (Å²) in [4.78, 5) is 0. The van der Waals surface area contributed by atoms with Gasteiger partial charge in [-0.05, 0) is 46.3 Å². The van der Waals surface area contributed by atoms with E-state index in [2.05, 4.69) is 27.3 Å². The second kappa shape index (κ2) is 4.82. The smallest absolute Gasteiger partial charge is 0.231 e. The van der Waals surface area contributed by atoms with Crippen molar-refractivity contribution in [3.05, 3.63) is 46.4 Å². The van der Waals surface area contributed by atoms with Crippen LogP contribution >= 0.6 is 15.9 Å². The summed E-state index contributed by atoms with van der Waals surface area (Å²) in [5, 5.41) is 12.1. The summed E-state index contributed by atoms with van der Waals surface area (Å²) >= 11 is 3.44. The fraction of sp³-hybridized carbons (Fsp3) is 0.0714. The van der Waals surface area contributed by atoms with Crippen molar-refractivity contribution in [3.63, 3.8) is 0 Å². The van der Waals surface area contributed by atoms with E-state index in [0.29, 0.717) is 5.56 Å². The van der Waals surface area contributed by atoms with Gasteiger partial charge in [-0.1, -0.05) is 0 Å². The Morgan fingerprint density at radius 2 is 1.95 bits per heavy atom. The first kappa shape index (κ1) is 11.9. The number of ether oxygens (including phenoxy) is 2. The number of fused-ring (bicyclic) bond motifs is 1. The number of rotatable bonds is 2. The lowest BCUT2D eigenvalue weighted by atomic mass is 10.2. The predicted molar refractivity (Wildman–Crippen MR) is 74.7 cm³/mol. The number of nitrogens with zero attached hydrogens (tertiary/aromatic N) is 1. The molecule has 0 spiro atoms. The summed E-state index contributed by atoms with van der Waals surface area (Å²) in [6.07, 6.45) is 0. The molecule has 1 aliphatic rings. The van der Waals surface area contributed by atoms with E-state index in [1.54, 1.807) is 12.1 Å². The van der Waals surface area contributed by atoms with E-state index in [4.69, 9.17) is 14.7 Å². The van der Waals surface area contributed by atoms with Gasteiger partial charge < -0.3 is 14.8 Å². The molecule has 0 atom stereocenters. The third kappa shape index (κ3) is 2.35. The number of nitriles is 1. The van der Waals surface area contributed by atoms with Crippen molar-refractivity contribution in [1.29, 1.82) is 5.26 Å². The van der Waals surface area contributed by atoms with Gasteiger partial charge in [0.05, 0.1) is 17.3 Å². The Labute approximate surface area is 118 Å². The van der Waals surface area contributed by atoms with Gasteiger partial charge in [-0.25, -0.2) is 0 Å². The Morgan fingerprint density at radius 3 is 2.74 bits per heavy atom. The van der Waals surface area contributed by atoms with Crippen LogP contribution in [0.25, 0.3) is 0 Å². The number of hydrogen-bond donors (Lipinski definition) is 1. The molecule has 0 saturated carbocycles. The predicted octanol–water partition coefficient (Wildman–Crippen LogP) is 3.79. The van der Waals surface area contributed by atoms with Crippen LogP contribution in [-0.4, -0.2) is 6.79 Å². The van der Waals surface area contributed by atoms with Crippen LogP contribution in [0, 0.1) is 11.3 Å². The zero-order chi connectivity index (χ0) is 13.2. The van der Waals surface area contributed by atoms with Crippen molar-refractivity contribution in [2.45, 2.75) is 0 Å². The molecular formula is C14H9BrN2O2. The van der Waals surface area contributed by atoms with Crippen LogP contribution in [0.5, 0.6) is 11.5 Å². The summed E-state index contributed by atoms with van der Waals surface area (Å²) in [5.41, 5.74) is 2.40. The van der Waals surface area contributed by atoms with Crippen LogP contribution in [0.3, 0.4) is 0 Å². The Bertz CT molecular complexity index is 680. The molecule has 0 radical (unpaired) electrons. The van der Waals surface area contributed by atoms with Crippen molar-refractivity contribution >= 4 is 27.3 Å². The molecule has 3 rings (SSSR count). The van der Waals surface area contributed by atoms with Gasteiger partial charge in [-0.3, -0.25) is 0 Å². The molecule has 0 saturated heterocycles. The lowest BCUT2D eigenvalue weighted by Gasteiger charge is -2.09. The molecule has 0 bridgehead atoms. The maximum Gasteiger partial charge on any atom is 0.231 e. The summed E-state index contributed by atoms with van der Waals surface area (Å²) in [7, 11) is 0. The quantitative estimate of drug-likeness (QED) is 0.915. The van der Waals surface area contributed by atoms with Crippen LogP contribution in [-0.2, 0) is 0 Å². The van der Waals surface area contributed by atoms with Gasteiger partial charge in [-0.2, -0.15) is 5.26 Å². The molecule has 1 aliphatic heterocycles. The Balaban J connectivity index is 1.87. The molecule has 2 aromatic carbocycles. The largest absolute Gasteiger partial charge is 0.454 e. The van der Waals surface area contributed by atoms with Gasteiger partial charge in [-0.15, -0.1) is 0 Å². The molecule has 4 nitrogen and oxygen atoms in total. The van der Waals surface area contributed by atoms with E-state index in [-0.39, 0.29) is 6.79 Å². The molecule has 2 aromatic rings. The Morgan fingerprint density at radius 1 is 1.11 bits per heavy atom. The third-order valence-corrected chi connectivity index (χ3v) is 3.41.